The highest BCUT2D eigenvalue weighted by atomic mass is 32.2. The van der Waals surface area contributed by atoms with Gasteiger partial charge in [-0.2, -0.15) is 4.31 Å². The number of piperidine rings is 1. The van der Waals surface area contributed by atoms with Gasteiger partial charge in [-0.25, -0.2) is 17.2 Å². The van der Waals surface area contributed by atoms with Crippen LogP contribution in [-0.2, 0) is 14.8 Å². The molecule has 0 saturated carbocycles. The molecular weight excluding hydrogens is 388 g/mol. The molecule has 1 aliphatic heterocycles. The van der Waals surface area contributed by atoms with Crippen molar-refractivity contribution in [1.82, 2.24) is 14.6 Å². The van der Waals surface area contributed by atoms with Gasteiger partial charge in [0, 0.05) is 31.4 Å². The number of carbonyl (C=O) groups excluding carboxylic acids is 1. The summed E-state index contributed by atoms with van der Waals surface area (Å²) in [6.07, 6.45) is 4.05. The van der Waals surface area contributed by atoms with Crippen LogP contribution in [0, 0.1) is 17.6 Å². The summed E-state index contributed by atoms with van der Waals surface area (Å²) >= 11 is 0. The Labute approximate surface area is 162 Å². The fraction of sp³-hybridized carbons (Fsp3) is 0.368. The summed E-state index contributed by atoms with van der Waals surface area (Å²) in [5.41, 5.74) is 0.884. The number of amides is 1. The first-order valence-electron chi connectivity index (χ1n) is 8.94. The van der Waals surface area contributed by atoms with Crippen LogP contribution in [0.4, 0.5) is 8.78 Å². The van der Waals surface area contributed by atoms with Gasteiger partial charge in [0.1, 0.15) is 0 Å². The van der Waals surface area contributed by atoms with Gasteiger partial charge in [-0.05, 0) is 49.6 Å². The molecule has 9 heteroatoms. The second-order valence-corrected chi connectivity index (χ2v) is 8.71. The van der Waals surface area contributed by atoms with Crippen molar-refractivity contribution in [3.05, 3.63) is 59.9 Å². The van der Waals surface area contributed by atoms with Gasteiger partial charge < -0.3 is 5.32 Å². The fourth-order valence-corrected chi connectivity index (χ4v) is 4.67. The maximum Gasteiger partial charge on any atom is 0.243 e. The van der Waals surface area contributed by atoms with Gasteiger partial charge in [0.05, 0.1) is 10.9 Å². The number of hydrogen-bond donors (Lipinski definition) is 1. The Hall–Kier alpha value is -2.39. The molecule has 1 unspecified atom stereocenters. The Morgan fingerprint density at radius 3 is 2.54 bits per heavy atom. The molecule has 6 nitrogen and oxygen atoms in total. The van der Waals surface area contributed by atoms with E-state index in [2.05, 4.69) is 10.3 Å². The van der Waals surface area contributed by atoms with Crippen LogP contribution < -0.4 is 5.32 Å². The van der Waals surface area contributed by atoms with E-state index in [1.807, 2.05) is 13.0 Å². The Morgan fingerprint density at radius 1 is 1.21 bits per heavy atom. The van der Waals surface area contributed by atoms with Crippen LogP contribution in [0.3, 0.4) is 0 Å². The molecule has 0 radical (unpaired) electrons. The Morgan fingerprint density at radius 2 is 1.93 bits per heavy atom. The molecule has 0 bridgehead atoms. The number of halogens is 2. The molecule has 0 aliphatic carbocycles. The molecule has 1 aromatic heterocycles. The summed E-state index contributed by atoms with van der Waals surface area (Å²) in [5.74, 6) is -2.76. The lowest BCUT2D eigenvalue weighted by atomic mass is 9.96. The second-order valence-electron chi connectivity index (χ2n) is 6.77. The van der Waals surface area contributed by atoms with Gasteiger partial charge in [-0.1, -0.05) is 6.07 Å². The number of sulfonamides is 1. The van der Waals surface area contributed by atoms with Gasteiger partial charge >= 0.3 is 0 Å². The normalized spacial score (nSPS) is 17.2. The number of nitrogens with one attached hydrogen (secondary N) is 1. The topological polar surface area (TPSA) is 79.4 Å². The first-order valence-corrected chi connectivity index (χ1v) is 10.4. The van der Waals surface area contributed by atoms with E-state index >= 15 is 0 Å². The molecule has 1 aromatic carbocycles. The van der Waals surface area contributed by atoms with Crippen LogP contribution in [0.25, 0.3) is 0 Å². The number of pyridine rings is 1. The van der Waals surface area contributed by atoms with Crippen molar-refractivity contribution in [2.24, 2.45) is 5.92 Å². The molecule has 150 valence electrons. The van der Waals surface area contributed by atoms with Crippen molar-refractivity contribution in [3.63, 3.8) is 0 Å². The fourth-order valence-electron chi connectivity index (χ4n) is 3.19. The lowest BCUT2D eigenvalue weighted by Gasteiger charge is -2.31. The third-order valence-electron chi connectivity index (χ3n) is 4.90. The summed E-state index contributed by atoms with van der Waals surface area (Å²) in [4.78, 5) is 16.2. The predicted octanol–water partition coefficient (Wildman–Crippen LogP) is 2.64. The Balaban J connectivity index is 1.60. The Kier molecular flexibility index (Phi) is 6.04. The predicted molar refractivity (Wildman–Crippen MR) is 98.6 cm³/mol. The molecule has 1 aliphatic rings. The zero-order valence-corrected chi connectivity index (χ0v) is 16.1. The molecule has 0 spiro atoms. The van der Waals surface area contributed by atoms with E-state index in [4.69, 9.17) is 0 Å². The van der Waals surface area contributed by atoms with E-state index in [0.29, 0.717) is 18.9 Å². The van der Waals surface area contributed by atoms with E-state index in [1.165, 1.54) is 4.31 Å². The highest BCUT2D eigenvalue weighted by Gasteiger charge is 2.32. The zero-order valence-electron chi connectivity index (χ0n) is 15.3. The van der Waals surface area contributed by atoms with Gasteiger partial charge in [-0.15, -0.1) is 0 Å². The maximum absolute atomic E-state index is 13.4. The minimum Gasteiger partial charge on any atom is -0.349 e. The molecule has 3 rings (SSSR count). The molecule has 2 aromatic rings. The minimum absolute atomic E-state index is 0.138. The number of benzene rings is 1. The first-order chi connectivity index (χ1) is 13.3. The highest BCUT2D eigenvalue weighted by molar-refractivity contribution is 7.89. The molecular formula is C19H21F2N3O3S. The van der Waals surface area contributed by atoms with Crippen LogP contribution >= 0.6 is 0 Å². The van der Waals surface area contributed by atoms with E-state index < -0.39 is 21.7 Å². The first kappa shape index (κ1) is 20.3. The van der Waals surface area contributed by atoms with Gasteiger partial charge in [-0.3, -0.25) is 9.78 Å². The summed E-state index contributed by atoms with van der Waals surface area (Å²) in [6, 6.07) is 5.97. The van der Waals surface area contributed by atoms with Crippen molar-refractivity contribution in [2.75, 3.05) is 13.1 Å². The average molecular weight is 409 g/mol. The highest BCUT2D eigenvalue weighted by Crippen LogP contribution is 2.25. The lowest BCUT2D eigenvalue weighted by Crippen LogP contribution is -2.43. The third-order valence-corrected chi connectivity index (χ3v) is 6.79. The van der Waals surface area contributed by atoms with Crippen molar-refractivity contribution in [1.29, 1.82) is 0 Å². The molecule has 1 amide bonds. The van der Waals surface area contributed by atoms with Crippen LogP contribution in [0.2, 0.25) is 0 Å². The smallest absolute Gasteiger partial charge is 0.243 e. The largest absolute Gasteiger partial charge is 0.349 e. The van der Waals surface area contributed by atoms with E-state index in [9.17, 15) is 22.0 Å². The van der Waals surface area contributed by atoms with Crippen molar-refractivity contribution in [2.45, 2.75) is 30.7 Å². The van der Waals surface area contributed by atoms with Crippen LogP contribution in [0.1, 0.15) is 31.4 Å². The lowest BCUT2D eigenvalue weighted by molar-refractivity contribution is -0.126. The van der Waals surface area contributed by atoms with E-state index in [0.717, 1.165) is 17.7 Å². The summed E-state index contributed by atoms with van der Waals surface area (Å²) in [5, 5.41) is 2.93. The summed E-state index contributed by atoms with van der Waals surface area (Å²) < 4.78 is 52.9. The number of aromatic nitrogens is 1. The van der Waals surface area contributed by atoms with Crippen molar-refractivity contribution >= 4 is 15.9 Å². The number of carbonyl (C=O) groups is 1. The third kappa shape index (κ3) is 4.36. The summed E-state index contributed by atoms with van der Waals surface area (Å²) in [6.45, 7) is 2.14. The van der Waals surface area contributed by atoms with Crippen molar-refractivity contribution in [3.8, 4) is 0 Å². The van der Waals surface area contributed by atoms with Gasteiger partial charge in [0.15, 0.2) is 11.6 Å². The van der Waals surface area contributed by atoms with E-state index in [1.54, 1.807) is 18.5 Å². The number of nitrogens with zero attached hydrogens (tertiary/aromatic N) is 2. The molecule has 2 heterocycles. The van der Waals surface area contributed by atoms with Gasteiger partial charge in [0.25, 0.3) is 0 Å². The summed E-state index contributed by atoms with van der Waals surface area (Å²) in [7, 11) is -3.93. The molecule has 1 atom stereocenters. The average Bonchev–Trinajstić information content (AvgIpc) is 2.70. The maximum atomic E-state index is 13.4. The monoisotopic (exact) mass is 409 g/mol. The van der Waals surface area contributed by atoms with Crippen molar-refractivity contribution < 1.29 is 22.0 Å². The molecule has 1 N–H and O–H groups in total. The number of rotatable bonds is 5. The molecule has 1 fully saturated rings. The van der Waals surface area contributed by atoms with E-state index in [-0.39, 0.29) is 35.9 Å². The second kappa shape index (κ2) is 8.32. The molecule has 1 saturated heterocycles. The van der Waals surface area contributed by atoms with Crippen LogP contribution in [0.5, 0.6) is 0 Å². The zero-order chi connectivity index (χ0) is 20.3. The van der Waals surface area contributed by atoms with Crippen LogP contribution in [-0.4, -0.2) is 36.7 Å². The minimum atomic E-state index is -3.93. The SMILES string of the molecule is CC(NC(=O)C1CCN(S(=O)(=O)c2ccc(F)c(F)c2)CC1)c1cccnc1. The van der Waals surface area contributed by atoms with Gasteiger partial charge in [0.2, 0.25) is 15.9 Å². The number of hydrogen-bond acceptors (Lipinski definition) is 4. The van der Waals surface area contributed by atoms with Crippen LogP contribution in [0.15, 0.2) is 47.6 Å². The standard InChI is InChI=1S/C19H21F2N3O3S/c1-13(15-3-2-8-22-12-15)23-19(25)14-6-9-24(10-7-14)28(26,27)16-4-5-17(20)18(21)11-16/h2-5,8,11-14H,6-7,9-10H2,1H3,(H,23,25). The quantitative estimate of drug-likeness (QED) is 0.823. The Bertz CT molecular complexity index is 946. The molecule has 28 heavy (non-hydrogen) atoms.